The van der Waals surface area contributed by atoms with Crippen molar-refractivity contribution in [3.8, 4) is 0 Å². The van der Waals surface area contributed by atoms with E-state index in [1.165, 1.54) is 51.5 Å². The predicted octanol–water partition coefficient (Wildman–Crippen LogP) is 3.65. The molecule has 1 rings (SSSR count). The summed E-state index contributed by atoms with van der Waals surface area (Å²) in [7, 11) is 2.31. The van der Waals surface area contributed by atoms with E-state index >= 15 is 0 Å². The Bertz CT molecular complexity index is 217. The zero-order valence-electron chi connectivity index (χ0n) is 13.0. The molecule has 0 bridgehead atoms. The fourth-order valence-corrected chi connectivity index (χ4v) is 2.93. The highest BCUT2D eigenvalue weighted by Gasteiger charge is 2.21. The van der Waals surface area contributed by atoms with E-state index in [-0.39, 0.29) is 0 Å². The lowest BCUT2D eigenvalue weighted by atomic mass is 9.86. The van der Waals surface area contributed by atoms with Crippen molar-refractivity contribution in [2.75, 3.05) is 20.1 Å². The van der Waals surface area contributed by atoms with Crippen molar-refractivity contribution in [1.82, 2.24) is 4.90 Å². The molecule has 1 aliphatic carbocycles. The molecule has 2 N–H and O–H groups in total. The van der Waals surface area contributed by atoms with Gasteiger partial charge >= 0.3 is 0 Å². The third-order valence-electron chi connectivity index (χ3n) is 4.78. The van der Waals surface area contributed by atoms with E-state index in [0.29, 0.717) is 5.41 Å². The van der Waals surface area contributed by atoms with Gasteiger partial charge in [-0.15, -0.1) is 0 Å². The fourth-order valence-electron chi connectivity index (χ4n) is 2.93. The zero-order valence-corrected chi connectivity index (χ0v) is 13.0. The molecule has 0 spiro atoms. The van der Waals surface area contributed by atoms with Crippen LogP contribution in [0.25, 0.3) is 0 Å². The van der Waals surface area contributed by atoms with Gasteiger partial charge in [-0.2, -0.15) is 0 Å². The second-order valence-electron chi connectivity index (χ2n) is 7.22. The fraction of sp³-hybridized carbons (Fsp3) is 1.00. The first-order valence-corrected chi connectivity index (χ1v) is 7.85. The molecule has 1 fully saturated rings. The Balaban J connectivity index is 2.12. The molecule has 0 aliphatic heterocycles. The summed E-state index contributed by atoms with van der Waals surface area (Å²) in [6, 6.07) is 0.851. The molecule has 0 unspecified atom stereocenters. The molecule has 0 saturated heterocycles. The van der Waals surface area contributed by atoms with Crippen LogP contribution in [0.5, 0.6) is 0 Å². The van der Waals surface area contributed by atoms with Gasteiger partial charge in [-0.3, -0.25) is 0 Å². The van der Waals surface area contributed by atoms with E-state index in [4.69, 9.17) is 5.73 Å². The number of unbranched alkanes of at least 4 members (excludes halogenated alkanes) is 1. The average Bonchev–Trinajstić information content (AvgIpc) is 2.35. The standard InChI is InChI=1S/C16H34N2/c1-14-7-9-15(10-8-14)18(4)12-6-5-11-16(2,3)13-17/h14-15H,5-13,17H2,1-4H3. The van der Waals surface area contributed by atoms with E-state index in [1.807, 2.05) is 0 Å². The number of hydrogen-bond donors (Lipinski definition) is 1. The van der Waals surface area contributed by atoms with E-state index < -0.39 is 0 Å². The van der Waals surface area contributed by atoms with E-state index in [9.17, 15) is 0 Å². The Labute approximate surface area is 114 Å². The molecule has 18 heavy (non-hydrogen) atoms. The van der Waals surface area contributed by atoms with Crippen molar-refractivity contribution in [3.05, 3.63) is 0 Å². The van der Waals surface area contributed by atoms with Gasteiger partial charge in [0.05, 0.1) is 0 Å². The lowest BCUT2D eigenvalue weighted by molar-refractivity contribution is 0.165. The quantitative estimate of drug-likeness (QED) is 0.703. The molecule has 0 amide bonds. The number of rotatable bonds is 7. The molecule has 0 atom stereocenters. The van der Waals surface area contributed by atoms with E-state index in [1.54, 1.807) is 0 Å². The molecule has 0 heterocycles. The van der Waals surface area contributed by atoms with E-state index in [0.717, 1.165) is 18.5 Å². The Kier molecular flexibility index (Phi) is 6.65. The minimum absolute atomic E-state index is 0.332. The maximum atomic E-state index is 5.77. The maximum Gasteiger partial charge on any atom is 0.00924 e. The van der Waals surface area contributed by atoms with Crippen molar-refractivity contribution in [1.29, 1.82) is 0 Å². The molecule has 1 aliphatic rings. The summed E-state index contributed by atoms with van der Waals surface area (Å²) in [5.74, 6) is 0.958. The highest BCUT2D eigenvalue weighted by Crippen LogP contribution is 2.27. The van der Waals surface area contributed by atoms with Crippen LogP contribution in [0.3, 0.4) is 0 Å². The first-order valence-electron chi connectivity index (χ1n) is 7.85. The topological polar surface area (TPSA) is 29.3 Å². The Morgan fingerprint density at radius 1 is 1.11 bits per heavy atom. The summed E-state index contributed by atoms with van der Waals surface area (Å²) in [5.41, 5.74) is 6.10. The molecule has 0 aromatic carbocycles. The van der Waals surface area contributed by atoms with Gasteiger partial charge in [0, 0.05) is 6.04 Å². The number of nitrogens with two attached hydrogens (primary N) is 1. The minimum atomic E-state index is 0.332. The molecule has 2 heteroatoms. The largest absolute Gasteiger partial charge is 0.330 e. The van der Waals surface area contributed by atoms with Gasteiger partial charge in [-0.1, -0.05) is 27.2 Å². The SMILES string of the molecule is CC1CCC(N(C)CCCCC(C)(C)CN)CC1. The first kappa shape index (κ1) is 16.0. The second-order valence-corrected chi connectivity index (χ2v) is 7.22. The van der Waals surface area contributed by atoms with Crippen LogP contribution in [-0.2, 0) is 0 Å². The molecular weight excluding hydrogens is 220 g/mol. The Hall–Kier alpha value is -0.0800. The van der Waals surface area contributed by atoms with Crippen LogP contribution in [0.15, 0.2) is 0 Å². The molecule has 0 aromatic rings. The predicted molar refractivity (Wildman–Crippen MR) is 80.7 cm³/mol. The van der Waals surface area contributed by atoms with Crippen LogP contribution in [0.4, 0.5) is 0 Å². The third kappa shape index (κ3) is 5.71. The van der Waals surface area contributed by atoms with Crippen LogP contribution in [-0.4, -0.2) is 31.1 Å². The minimum Gasteiger partial charge on any atom is -0.330 e. The van der Waals surface area contributed by atoms with E-state index in [2.05, 4.69) is 32.7 Å². The van der Waals surface area contributed by atoms with Gasteiger partial charge in [0.15, 0.2) is 0 Å². The van der Waals surface area contributed by atoms with Gasteiger partial charge < -0.3 is 10.6 Å². The smallest absolute Gasteiger partial charge is 0.00924 e. The second kappa shape index (κ2) is 7.49. The Morgan fingerprint density at radius 2 is 1.72 bits per heavy atom. The van der Waals surface area contributed by atoms with Crippen LogP contribution in [0, 0.1) is 11.3 Å². The zero-order chi connectivity index (χ0) is 13.6. The van der Waals surface area contributed by atoms with Gasteiger partial charge in [0.25, 0.3) is 0 Å². The van der Waals surface area contributed by atoms with Crippen molar-refractivity contribution < 1.29 is 0 Å². The molecule has 0 aromatic heterocycles. The highest BCUT2D eigenvalue weighted by molar-refractivity contribution is 4.77. The Morgan fingerprint density at radius 3 is 2.28 bits per heavy atom. The summed E-state index contributed by atoms with van der Waals surface area (Å²) < 4.78 is 0. The molecule has 0 radical (unpaired) electrons. The van der Waals surface area contributed by atoms with Crippen LogP contribution in [0.2, 0.25) is 0 Å². The molecular formula is C16H34N2. The number of nitrogens with zero attached hydrogens (tertiary/aromatic N) is 1. The van der Waals surface area contributed by atoms with Crippen molar-refractivity contribution >= 4 is 0 Å². The van der Waals surface area contributed by atoms with Crippen molar-refractivity contribution in [2.24, 2.45) is 17.1 Å². The summed E-state index contributed by atoms with van der Waals surface area (Å²) in [6.45, 7) is 9.02. The van der Waals surface area contributed by atoms with Crippen molar-refractivity contribution in [2.45, 2.75) is 71.8 Å². The first-order chi connectivity index (χ1) is 8.44. The van der Waals surface area contributed by atoms with Crippen LogP contribution >= 0.6 is 0 Å². The van der Waals surface area contributed by atoms with Crippen LogP contribution in [0.1, 0.15) is 65.7 Å². The lowest BCUT2D eigenvalue weighted by Crippen LogP contribution is -2.35. The van der Waals surface area contributed by atoms with Gasteiger partial charge in [-0.25, -0.2) is 0 Å². The molecule has 108 valence electrons. The number of hydrogen-bond acceptors (Lipinski definition) is 2. The summed E-state index contributed by atoms with van der Waals surface area (Å²) in [4.78, 5) is 2.60. The van der Waals surface area contributed by atoms with Gasteiger partial charge in [-0.05, 0) is 70.0 Å². The average molecular weight is 254 g/mol. The normalized spacial score (nSPS) is 25.7. The lowest BCUT2D eigenvalue weighted by Gasteiger charge is -2.33. The molecule has 2 nitrogen and oxygen atoms in total. The van der Waals surface area contributed by atoms with Gasteiger partial charge in [0.1, 0.15) is 0 Å². The highest BCUT2D eigenvalue weighted by atomic mass is 15.1. The molecule has 1 saturated carbocycles. The van der Waals surface area contributed by atoms with Crippen LogP contribution < -0.4 is 5.73 Å². The van der Waals surface area contributed by atoms with Crippen molar-refractivity contribution in [3.63, 3.8) is 0 Å². The summed E-state index contributed by atoms with van der Waals surface area (Å²) >= 11 is 0. The third-order valence-corrected chi connectivity index (χ3v) is 4.78. The van der Waals surface area contributed by atoms with Gasteiger partial charge in [0.2, 0.25) is 0 Å². The summed E-state index contributed by atoms with van der Waals surface area (Å²) in [6.07, 6.45) is 9.57. The summed E-state index contributed by atoms with van der Waals surface area (Å²) in [5, 5.41) is 0. The maximum absolute atomic E-state index is 5.77. The monoisotopic (exact) mass is 254 g/mol.